The Bertz CT molecular complexity index is 1000. The number of anilines is 1. The number of rotatable bonds is 4. The third-order valence-electron chi connectivity index (χ3n) is 4.15. The quantitative estimate of drug-likeness (QED) is 0.671. The molecule has 0 spiro atoms. The van der Waals surface area contributed by atoms with Gasteiger partial charge in [-0.25, -0.2) is 9.37 Å². The van der Waals surface area contributed by atoms with Crippen LogP contribution in [0, 0.1) is 5.82 Å². The van der Waals surface area contributed by atoms with Gasteiger partial charge < -0.3 is 20.4 Å². The summed E-state index contributed by atoms with van der Waals surface area (Å²) in [5.41, 5.74) is 0.938. The van der Waals surface area contributed by atoms with Gasteiger partial charge in [-0.05, 0) is 30.7 Å². The number of nitrogens with one attached hydrogen (secondary N) is 3. The molecule has 0 saturated carbocycles. The van der Waals surface area contributed by atoms with Crippen LogP contribution in [-0.2, 0) is 9.59 Å². The van der Waals surface area contributed by atoms with Crippen molar-refractivity contribution in [3.8, 4) is 11.5 Å². The van der Waals surface area contributed by atoms with Crippen molar-refractivity contribution in [3.05, 3.63) is 48.5 Å². The van der Waals surface area contributed by atoms with Crippen LogP contribution in [0.5, 0.6) is 11.5 Å². The maximum atomic E-state index is 14.4. The predicted octanol–water partition coefficient (Wildman–Crippen LogP) is 2.71. The van der Waals surface area contributed by atoms with Crippen LogP contribution in [-0.4, -0.2) is 27.8 Å². The van der Waals surface area contributed by atoms with Crippen LogP contribution in [0.2, 0.25) is 0 Å². The average molecular weight is 354 g/mol. The predicted molar refractivity (Wildman–Crippen MR) is 92.4 cm³/mol. The fourth-order valence-corrected chi connectivity index (χ4v) is 2.84. The number of amides is 2. The van der Waals surface area contributed by atoms with Crippen LogP contribution in [0.25, 0.3) is 11.0 Å². The first-order chi connectivity index (χ1) is 12.6. The van der Waals surface area contributed by atoms with E-state index >= 15 is 0 Å². The number of hydrogen-bond acceptors (Lipinski definition) is 4. The van der Waals surface area contributed by atoms with Crippen LogP contribution in [0.1, 0.15) is 12.8 Å². The Morgan fingerprint density at radius 2 is 2.15 bits per heavy atom. The summed E-state index contributed by atoms with van der Waals surface area (Å²) in [7, 11) is 0. The minimum atomic E-state index is -0.612. The highest BCUT2D eigenvalue weighted by Crippen LogP contribution is 2.31. The molecule has 3 N–H and O–H groups in total. The number of aromatic nitrogens is 2. The van der Waals surface area contributed by atoms with E-state index < -0.39 is 11.9 Å². The lowest BCUT2D eigenvalue weighted by Gasteiger charge is -2.12. The second kappa shape index (κ2) is 6.47. The zero-order valence-electron chi connectivity index (χ0n) is 13.6. The Balaban J connectivity index is 1.50. The molecule has 1 aliphatic heterocycles. The number of pyridine rings is 1. The topological polar surface area (TPSA) is 96.1 Å². The highest BCUT2D eigenvalue weighted by atomic mass is 19.1. The number of hydrogen-bond donors (Lipinski definition) is 3. The van der Waals surface area contributed by atoms with E-state index in [1.807, 2.05) is 0 Å². The molecular weight excluding hydrogens is 339 g/mol. The summed E-state index contributed by atoms with van der Waals surface area (Å²) in [6, 6.07) is 7.02. The summed E-state index contributed by atoms with van der Waals surface area (Å²) in [4.78, 5) is 30.4. The van der Waals surface area contributed by atoms with E-state index in [1.54, 1.807) is 30.6 Å². The first kappa shape index (κ1) is 16.1. The normalized spacial score (nSPS) is 16.5. The summed E-state index contributed by atoms with van der Waals surface area (Å²) >= 11 is 0. The number of carbonyl (C=O) groups is 2. The van der Waals surface area contributed by atoms with Crippen molar-refractivity contribution in [1.82, 2.24) is 15.3 Å². The third kappa shape index (κ3) is 3.08. The van der Waals surface area contributed by atoms with Crippen molar-refractivity contribution in [2.75, 3.05) is 5.32 Å². The summed E-state index contributed by atoms with van der Waals surface area (Å²) < 4.78 is 20.0. The lowest BCUT2D eigenvalue weighted by molar-refractivity contribution is -0.122. The van der Waals surface area contributed by atoms with Gasteiger partial charge in [0.2, 0.25) is 11.8 Å². The highest BCUT2D eigenvalue weighted by molar-refractivity contribution is 5.99. The van der Waals surface area contributed by atoms with Crippen LogP contribution in [0.4, 0.5) is 10.1 Å². The first-order valence-electron chi connectivity index (χ1n) is 8.10. The number of H-pyrrole nitrogens is 1. The van der Waals surface area contributed by atoms with Gasteiger partial charge in [0, 0.05) is 30.6 Å². The van der Waals surface area contributed by atoms with Gasteiger partial charge in [0.1, 0.15) is 17.4 Å². The molecule has 8 heteroatoms. The number of aromatic amines is 1. The van der Waals surface area contributed by atoms with Crippen LogP contribution >= 0.6 is 0 Å². The fourth-order valence-electron chi connectivity index (χ4n) is 2.84. The van der Waals surface area contributed by atoms with Crippen molar-refractivity contribution in [1.29, 1.82) is 0 Å². The molecule has 1 aromatic carbocycles. The highest BCUT2D eigenvalue weighted by Gasteiger charge is 2.27. The van der Waals surface area contributed by atoms with Crippen LogP contribution in [0.3, 0.4) is 0 Å². The van der Waals surface area contributed by atoms with Gasteiger partial charge in [0.25, 0.3) is 0 Å². The Labute approximate surface area is 147 Å². The monoisotopic (exact) mass is 354 g/mol. The first-order valence-corrected chi connectivity index (χ1v) is 8.10. The molecule has 3 heterocycles. The van der Waals surface area contributed by atoms with Crippen molar-refractivity contribution in [3.63, 3.8) is 0 Å². The number of benzene rings is 1. The van der Waals surface area contributed by atoms with E-state index in [-0.39, 0.29) is 17.6 Å². The molecule has 3 aromatic rings. The van der Waals surface area contributed by atoms with Crippen molar-refractivity contribution >= 4 is 28.5 Å². The fraction of sp³-hybridized carbons (Fsp3) is 0.167. The van der Waals surface area contributed by atoms with Crippen LogP contribution in [0.15, 0.2) is 42.7 Å². The number of halogens is 1. The number of fused-ring (bicyclic) bond motifs is 1. The van der Waals surface area contributed by atoms with E-state index in [2.05, 4.69) is 20.6 Å². The van der Waals surface area contributed by atoms with Gasteiger partial charge >= 0.3 is 0 Å². The summed E-state index contributed by atoms with van der Waals surface area (Å²) in [5.74, 6) is -0.634. The maximum absolute atomic E-state index is 14.4. The van der Waals surface area contributed by atoms with Gasteiger partial charge in [0.05, 0.1) is 5.39 Å². The summed E-state index contributed by atoms with van der Waals surface area (Å²) in [5, 5.41) is 5.90. The molecule has 0 bridgehead atoms. The smallest absolute Gasteiger partial charge is 0.246 e. The zero-order chi connectivity index (χ0) is 18.1. The number of nitrogens with zero attached hydrogens (tertiary/aromatic N) is 1. The Hall–Kier alpha value is -3.42. The molecule has 1 atom stereocenters. The molecule has 4 rings (SSSR count). The van der Waals surface area contributed by atoms with Crippen LogP contribution < -0.4 is 15.4 Å². The molecule has 1 saturated heterocycles. The van der Waals surface area contributed by atoms with Gasteiger partial charge in [0.15, 0.2) is 11.6 Å². The van der Waals surface area contributed by atoms with E-state index in [0.29, 0.717) is 29.9 Å². The largest absolute Gasteiger partial charge is 0.453 e. The molecule has 26 heavy (non-hydrogen) atoms. The Kier molecular flexibility index (Phi) is 4.00. The molecule has 0 radical (unpaired) electrons. The van der Waals surface area contributed by atoms with Gasteiger partial charge in [-0.2, -0.15) is 0 Å². The van der Waals surface area contributed by atoms with Crippen molar-refractivity contribution in [2.45, 2.75) is 18.9 Å². The zero-order valence-corrected chi connectivity index (χ0v) is 13.6. The Morgan fingerprint density at radius 3 is 2.92 bits per heavy atom. The van der Waals surface area contributed by atoms with E-state index in [1.165, 1.54) is 12.1 Å². The third-order valence-corrected chi connectivity index (χ3v) is 4.15. The van der Waals surface area contributed by atoms with E-state index in [0.717, 1.165) is 5.39 Å². The molecule has 1 aliphatic rings. The molecule has 1 fully saturated rings. The molecule has 0 unspecified atom stereocenters. The standard InChI is InChI=1S/C18H15FN4O3/c19-12-9-10(22-18(25)13-2-4-16(24)23-13)1-3-15(12)26-14-6-8-21-17-11(14)5-7-20-17/h1,3,5-9,13H,2,4H2,(H,20,21)(H,22,25)(H,23,24)/t13-/m1/s1. The molecule has 7 nitrogen and oxygen atoms in total. The Morgan fingerprint density at radius 1 is 1.27 bits per heavy atom. The average Bonchev–Trinajstić information content (AvgIpc) is 3.26. The van der Waals surface area contributed by atoms with E-state index in [4.69, 9.17) is 4.74 Å². The minimum Gasteiger partial charge on any atom is -0.453 e. The molecule has 2 aromatic heterocycles. The molecule has 0 aliphatic carbocycles. The van der Waals surface area contributed by atoms with Crippen molar-refractivity contribution < 1.29 is 18.7 Å². The van der Waals surface area contributed by atoms with Gasteiger partial charge in [-0.3, -0.25) is 9.59 Å². The maximum Gasteiger partial charge on any atom is 0.246 e. The minimum absolute atomic E-state index is 0.0332. The second-order valence-electron chi connectivity index (χ2n) is 5.94. The SMILES string of the molecule is O=C1CC[C@H](C(=O)Nc2ccc(Oc3ccnc4[nH]ccc34)c(F)c2)N1. The van der Waals surface area contributed by atoms with Crippen molar-refractivity contribution in [2.24, 2.45) is 0 Å². The summed E-state index contributed by atoms with van der Waals surface area (Å²) in [6.07, 6.45) is 4.04. The van der Waals surface area contributed by atoms with E-state index in [9.17, 15) is 14.0 Å². The lowest BCUT2D eigenvalue weighted by Crippen LogP contribution is -2.37. The molecular formula is C18H15FN4O3. The second-order valence-corrected chi connectivity index (χ2v) is 5.94. The van der Waals surface area contributed by atoms with Gasteiger partial charge in [-0.1, -0.05) is 0 Å². The number of ether oxygens (including phenoxy) is 1. The molecule has 2 amide bonds. The summed E-state index contributed by atoms with van der Waals surface area (Å²) in [6.45, 7) is 0. The lowest BCUT2D eigenvalue weighted by atomic mass is 10.2. The van der Waals surface area contributed by atoms with Gasteiger partial charge in [-0.15, -0.1) is 0 Å². The molecule has 132 valence electrons. The number of carbonyl (C=O) groups excluding carboxylic acids is 2.